The lowest BCUT2D eigenvalue weighted by Crippen LogP contribution is -2.04. The van der Waals surface area contributed by atoms with Crippen molar-refractivity contribution in [2.24, 2.45) is 0 Å². The molecule has 0 aliphatic rings. The Balaban J connectivity index is 2.16. The van der Waals surface area contributed by atoms with Crippen LogP contribution in [-0.2, 0) is 4.74 Å². The topological polar surface area (TPSA) is 122 Å². The molecule has 2 aromatic heterocycles. The molecular formula is C10H11N5O5S. The molecule has 2 rings (SSSR count). The molecule has 0 unspecified atom stereocenters. The quantitative estimate of drug-likeness (QED) is 0.696. The maximum Gasteiger partial charge on any atom is 0.396 e. The van der Waals surface area contributed by atoms with E-state index in [9.17, 15) is 4.79 Å². The Bertz CT molecular complexity index is 612. The molecule has 0 aliphatic carbocycles. The van der Waals surface area contributed by atoms with Crippen LogP contribution in [-0.4, -0.2) is 51.9 Å². The first kappa shape index (κ1) is 15.0. The molecule has 2 aromatic rings. The van der Waals surface area contributed by atoms with E-state index in [1.54, 1.807) is 6.92 Å². The van der Waals surface area contributed by atoms with Gasteiger partial charge in [0, 0.05) is 11.8 Å². The number of nitrogens with zero attached hydrogens (tertiary/aromatic N) is 5. The summed E-state index contributed by atoms with van der Waals surface area (Å²) >= 11 is 0.933. The number of rotatable bonds is 6. The van der Waals surface area contributed by atoms with Crippen LogP contribution in [0, 0.1) is 0 Å². The van der Waals surface area contributed by atoms with Gasteiger partial charge in [-0.1, -0.05) is 5.10 Å². The van der Waals surface area contributed by atoms with Crippen LogP contribution in [0.15, 0.2) is 14.8 Å². The summed E-state index contributed by atoms with van der Waals surface area (Å²) in [5.41, 5.74) is 0. The lowest BCUT2D eigenvalue weighted by Gasteiger charge is -2.02. The van der Waals surface area contributed by atoms with Gasteiger partial charge in [-0.25, -0.2) is 4.79 Å². The van der Waals surface area contributed by atoms with E-state index in [2.05, 4.69) is 25.1 Å². The van der Waals surface area contributed by atoms with Gasteiger partial charge in [0.25, 0.3) is 5.22 Å². The van der Waals surface area contributed by atoms with Crippen molar-refractivity contribution in [2.45, 2.75) is 17.3 Å². The van der Waals surface area contributed by atoms with Crippen LogP contribution in [0.2, 0.25) is 0 Å². The summed E-state index contributed by atoms with van der Waals surface area (Å²) in [6, 6.07) is 0.156. The van der Waals surface area contributed by atoms with Crippen LogP contribution in [0.4, 0.5) is 0 Å². The van der Waals surface area contributed by atoms with Crippen molar-refractivity contribution >= 4 is 17.7 Å². The van der Waals surface area contributed by atoms with Crippen LogP contribution in [0.5, 0.6) is 12.0 Å². The molecular weight excluding hydrogens is 302 g/mol. The summed E-state index contributed by atoms with van der Waals surface area (Å²) in [6.07, 6.45) is 0. The molecule has 0 atom stereocenters. The van der Waals surface area contributed by atoms with Gasteiger partial charge in [-0.3, -0.25) is 0 Å². The largest absolute Gasteiger partial charge is 0.467 e. The van der Waals surface area contributed by atoms with Gasteiger partial charge in [-0.05, 0) is 6.92 Å². The zero-order chi connectivity index (χ0) is 15.2. The van der Waals surface area contributed by atoms with Crippen LogP contribution in [0.3, 0.4) is 0 Å². The minimum atomic E-state index is -0.692. The second-order valence-corrected chi connectivity index (χ2v) is 4.21. The minimum absolute atomic E-state index is 0.0772. The molecule has 0 bridgehead atoms. The summed E-state index contributed by atoms with van der Waals surface area (Å²) in [5, 5.41) is 7.56. The summed E-state index contributed by atoms with van der Waals surface area (Å²) < 4.78 is 19.7. The van der Waals surface area contributed by atoms with Gasteiger partial charge in [-0.15, -0.1) is 10.1 Å². The lowest BCUT2D eigenvalue weighted by molar-refractivity contribution is 0.0475. The number of methoxy groups -OCH3 is 2. The normalized spacial score (nSPS) is 10.2. The fourth-order valence-electron chi connectivity index (χ4n) is 1.15. The Kier molecular flexibility index (Phi) is 4.87. The average Bonchev–Trinajstić information content (AvgIpc) is 2.95. The third-order valence-corrected chi connectivity index (χ3v) is 2.68. The SMILES string of the molecule is CCOC(=O)c1nnc(Sc2nc(OC)nc(OC)n2)o1. The summed E-state index contributed by atoms with van der Waals surface area (Å²) in [7, 11) is 2.82. The Hall–Kier alpha value is -2.43. The number of ether oxygens (including phenoxy) is 3. The molecule has 0 saturated heterocycles. The van der Waals surface area contributed by atoms with Crippen LogP contribution in [0.25, 0.3) is 0 Å². The van der Waals surface area contributed by atoms with Crippen molar-refractivity contribution in [1.82, 2.24) is 25.1 Å². The summed E-state index contributed by atoms with van der Waals surface area (Å²) in [5.74, 6) is -0.935. The zero-order valence-corrected chi connectivity index (χ0v) is 12.2. The van der Waals surface area contributed by atoms with E-state index in [0.717, 1.165) is 11.8 Å². The highest BCUT2D eigenvalue weighted by Gasteiger charge is 2.18. The molecule has 0 fully saturated rings. The van der Waals surface area contributed by atoms with Gasteiger partial charge in [-0.2, -0.15) is 9.97 Å². The van der Waals surface area contributed by atoms with E-state index < -0.39 is 5.97 Å². The predicted molar refractivity (Wildman–Crippen MR) is 67.3 cm³/mol. The van der Waals surface area contributed by atoms with Crippen molar-refractivity contribution in [2.75, 3.05) is 20.8 Å². The first-order valence-corrected chi connectivity index (χ1v) is 6.50. The second kappa shape index (κ2) is 6.83. The molecule has 10 nitrogen and oxygen atoms in total. The molecule has 0 saturated carbocycles. The lowest BCUT2D eigenvalue weighted by atomic mass is 10.7. The molecule has 0 spiro atoms. The predicted octanol–water partition coefficient (Wildman–Crippen LogP) is 0.600. The number of carbonyl (C=O) groups excluding carboxylic acids is 1. The molecule has 0 aliphatic heterocycles. The zero-order valence-electron chi connectivity index (χ0n) is 11.4. The number of aromatic nitrogens is 5. The Morgan fingerprint density at radius 1 is 1.14 bits per heavy atom. The number of carbonyl (C=O) groups is 1. The Morgan fingerprint density at radius 3 is 2.38 bits per heavy atom. The smallest absolute Gasteiger partial charge is 0.396 e. The standard InChI is InChI=1S/C10H11N5O5S/c1-4-19-6(16)5-14-15-10(20-5)21-9-12-7(17-2)11-8(13-9)18-3/h4H2,1-3H3. The summed E-state index contributed by atoms with van der Waals surface area (Å²) in [6.45, 7) is 1.89. The van der Waals surface area contributed by atoms with Crippen molar-refractivity contribution in [3.05, 3.63) is 5.89 Å². The van der Waals surface area contributed by atoms with Crippen LogP contribution < -0.4 is 9.47 Å². The van der Waals surface area contributed by atoms with E-state index in [1.807, 2.05) is 0 Å². The molecule has 112 valence electrons. The highest BCUT2D eigenvalue weighted by molar-refractivity contribution is 7.98. The highest BCUT2D eigenvalue weighted by atomic mass is 32.2. The van der Waals surface area contributed by atoms with Crippen LogP contribution in [0.1, 0.15) is 17.6 Å². The fourth-order valence-corrected chi connectivity index (χ4v) is 1.76. The number of esters is 1. The number of hydrogen-bond donors (Lipinski definition) is 0. The van der Waals surface area contributed by atoms with Crippen molar-refractivity contribution in [3.63, 3.8) is 0 Å². The molecule has 0 N–H and O–H groups in total. The highest BCUT2D eigenvalue weighted by Crippen LogP contribution is 2.25. The molecule has 0 aromatic carbocycles. The van der Waals surface area contributed by atoms with E-state index in [0.29, 0.717) is 0 Å². The van der Waals surface area contributed by atoms with E-state index in [4.69, 9.17) is 18.6 Å². The van der Waals surface area contributed by atoms with Crippen molar-refractivity contribution < 1.29 is 23.4 Å². The average molecular weight is 313 g/mol. The second-order valence-electron chi connectivity index (χ2n) is 3.29. The van der Waals surface area contributed by atoms with Crippen LogP contribution >= 0.6 is 11.8 Å². The maximum absolute atomic E-state index is 11.4. The van der Waals surface area contributed by atoms with E-state index in [-0.39, 0.29) is 34.9 Å². The van der Waals surface area contributed by atoms with Gasteiger partial charge < -0.3 is 18.6 Å². The maximum atomic E-state index is 11.4. The van der Waals surface area contributed by atoms with Crippen molar-refractivity contribution in [1.29, 1.82) is 0 Å². The Labute approximate surface area is 123 Å². The minimum Gasteiger partial charge on any atom is -0.467 e. The first-order chi connectivity index (χ1) is 10.2. The molecule has 0 amide bonds. The van der Waals surface area contributed by atoms with Gasteiger partial charge in [0.1, 0.15) is 0 Å². The molecule has 11 heteroatoms. The van der Waals surface area contributed by atoms with Gasteiger partial charge in [0.05, 0.1) is 20.8 Å². The van der Waals surface area contributed by atoms with Crippen molar-refractivity contribution in [3.8, 4) is 12.0 Å². The molecule has 0 radical (unpaired) electrons. The van der Waals surface area contributed by atoms with Gasteiger partial charge in [0.2, 0.25) is 5.16 Å². The molecule has 21 heavy (non-hydrogen) atoms. The van der Waals surface area contributed by atoms with Gasteiger partial charge >= 0.3 is 23.9 Å². The first-order valence-electron chi connectivity index (χ1n) is 5.68. The fraction of sp³-hybridized carbons (Fsp3) is 0.400. The third kappa shape index (κ3) is 3.78. The third-order valence-electron chi connectivity index (χ3n) is 1.97. The number of hydrogen-bond acceptors (Lipinski definition) is 11. The van der Waals surface area contributed by atoms with E-state index in [1.165, 1.54) is 14.2 Å². The van der Waals surface area contributed by atoms with Gasteiger partial charge in [0.15, 0.2) is 0 Å². The summed E-state index contributed by atoms with van der Waals surface area (Å²) in [4.78, 5) is 23.2. The Morgan fingerprint density at radius 2 is 1.81 bits per heavy atom. The molecule has 2 heterocycles. The monoisotopic (exact) mass is 313 g/mol. The van der Waals surface area contributed by atoms with E-state index >= 15 is 0 Å².